The predicted octanol–water partition coefficient (Wildman–Crippen LogP) is 4.91. The van der Waals surface area contributed by atoms with Gasteiger partial charge in [0.1, 0.15) is 6.04 Å². The van der Waals surface area contributed by atoms with Crippen molar-refractivity contribution in [3.05, 3.63) is 65.0 Å². The van der Waals surface area contributed by atoms with Crippen LogP contribution in [0.3, 0.4) is 0 Å². The van der Waals surface area contributed by atoms with E-state index in [2.05, 4.69) is 56.2 Å². The Morgan fingerprint density at radius 2 is 1.68 bits per heavy atom. The lowest BCUT2D eigenvalue weighted by molar-refractivity contribution is -0.140. The van der Waals surface area contributed by atoms with Crippen molar-refractivity contribution >= 4 is 29.5 Å². The normalized spacial score (nSPS) is 12.1. The number of pyridine rings is 1. The number of amides is 2. The molecule has 0 aromatic carbocycles. The van der Waals surface area contributed by atoms with Crippen molar-refractivity contribution in [2.75, 3.05) is 11.5 Å². The van der Waals surface area contributed by atoms with Gasteiger partial charge in [-0.1, -0.05) is 34.9 Å². The number of aromatic nitrogens is 1. The molecule has 0 aliphatic carbocycles. The summed E-state index contributed by atoms with van der Waals surface area (Å²) in [7, 11) is 0. The topological polar surface area (TPSA) is 122 Å². The third kappa shape index (κ3) is 17.7. The molecular weight excluding hydrogens is 450 g/mol. The summed E-state index contributed by atoms with van der Waals surface area (Å²) < 4.78 is 0. The molecule has 1 heterocycles. The summed E-state index contributed by atoms with van der Waals surface area (Å²) in [6.07, 6.45) is 14.0. The molecular formula is C26H39N3O4S. The van der Waals surface area contributed by atoms with Crippen LogP contribution in [0.1, 0.15) is 70.7 Å². The lowest BCUT2D eigenvalue weighted by Gasteiger charge is -2.12. The summed E-state index contributed by atoms with van der Waals surface area (Å²) in [6.45, 7) is 9.87. The molecule has 0 spiro atoms. The van der Waals surface area contributed by atoms with Crippen molar-refractivity contribution in [2.45, 2.75) is 66.3 Å². The van der Waals surface area contributed by atoms with Gasteiger partial charge in [0.05, 0.1) is 5.56 Å². The zero-order valence-corrected chi connectivity index (χ0v) is 21.8. The minimum Gasteiger partial charge on any atom is -0.480 e. The Labute approximate surface area is 208 Å². The molecule has 4 N–H and O–H groups in total. The SMILES string of the molecule is CC(=O)N[C@H](CSC/C=C(\C)CC/C=C(\C)CCC=C(C)C)C(=O)O.NC(=O)c1cccnc1. The van der Waals surface area contributed by atoms with Crippen LogP contribution in [-0.2, 0) is 9.59 Å². The molecule has 7 nitrogen and oxygen atoms in total. The van der Waals surface area contributed by atoms with E-state index < -0.39 is 17.9 Å². The summed E-state index contributed by atoms with van der Waals surface area (Å²) in [4.78, 5) is 36.1. The highest BCUT2D eigenvalue weighted by Crippen LogP contribution is 2.13. The predicted molar refractivity (Wildman–Crippen MR) is 141 cm³/mol. The fraction of sp³-hybridized carbons (Fsp3) is 0.462. The molecule has 1 atom stereocenters. The van der Waals surface area contributed by atoms with Crippen molar-refractivity contribution in [3.8, 4) is 0 Å². The standard InChI is InChI=1S/C20H33NO3S.C6H6N2O/c1-15(2)8-6-9-16(3)10-7-11-17(4)12-13-25-14-19(20(23)24)21-18(5)22;7-6(9)5-2-1-3-8-4-5/h8,10,12,19H,6-7,9,11,13-14H2,1-5H3,(H,21,22)(H,23,24);1-4H,(H2,7,9)/b16-10+,17-12+;/t19-;/m1./s1. The Hall–Kier alpha value is -2.87. The first-order chi connectivity index (χ1) is 16.0. The van der Waals surface area contributed by atoms with E-state index in [0.29, 0.717) is 11.3 Å². The zero-order valence-electron chi connectivity index (χ0n) is 21.0. The number of nitrogens with zero attached hydrogens (tertiary/aromatic N) is 1. The molecule has 8 heteroatoms. The van der Waals surface area contributed by atoms with Gasteiger partial charge in [0.25, 0.3) is 0 Å². The number of nitrogens with one attached hydrogen (secondary N) is 1. The largest absolute Gasteiger partial charge is 0.480 e. The first-order valence-electron chi connectivity index (χ1n) is 11.2. The summed E-state index contributed by atoms with van der Waals surface area (Å²) >= 11 is 1.52. The van der Waals surface area contributed by atoms with Gasteiger partial charge in [-0.25, -0.2) is 4.79 Å². The minimum atomic E-state index is -0.989. The molecule has 0 bridgehead atoms. The van der Waals surface area contributed by atoms with E-state index in [-0.39, 0.29) is 5.91 Å². The second kappa shape index (κ2) is 18.5. The summed E-state index contributed by atoms with van der Waals surface area (Å²) in [5.74, 6) is -0.604. The van der Waals surface area contributed by atoms with Crippen molar-refractivity contribution in [3.63, 3.8) is 0 Å². The Bertz CT molecular complexity index is 860. The van der Waals surface area contributed by atoms with Gasteiger partial charge in [-0.05, 0) is 65.5 Å². The van der Waals surface area contributed by atoms with Gasteiger partial charge in [0, 0.05) is 30.8 Å². The molecule has 0 saturated carbocycles. The van der Waals surface area contributed by atoms with E-state index >= 15 is 0 Å². The number of carbonyl (C=O) groups excluding carboxylic acids is 2. The van der Waals surface area contributed by atoms with Crippen LogP contribution < -0.4 is 11.1 Å². The number of aliphatic carboxylic acids is 1. The van der Waals surface area contributed by atoms with Crippen LogP contribution in [-0.4, -0.2) is 45.4 Å². The quantitative estimate of drug-likeness (QED) is 0.267. The van der Waals surface area contributed by atoms with Crippen LogP contribution >= 0.6 is 11.8 Å². The van der Waals surface area contributed by atoms with Gasteiger partial charge in [-0.2, -0.15) is 11.8 Å². The third-order valence-corrected chi connectivity index (χ3v) is 5.55. The number of hydrogen-bond acceptors (Lipinski definition) is 5. The molecule has 0 aliphatic heterocycles. The zero-order chi connectivity index (χ0) is 25.9. The molecule has 0 saturated heterocycles. The fourth-order valence-corrected chi connectivity index (χ4v) is 3.65. The van der Waals surface area contributed by atoms with E-state index in [9.17, 15) is 14.4 Å². The molecule has 188 valence electrons. The summed E-state index contributed by atoms with van der Waals surface area (Å²) in [5.41, 5.74) is 9.49. The van der Waals surface area contributed by atoms with Gasteiger partial charge in [-0.15, -0.1) is 0 Å². The molecule has 0 radical (unpaired) electrons. The van der Waals surface area contributed by atoms with E-state index in [1.54, 1.807) is 18.3 Å². The van der Waals surface area contributed by atoms with E-state index in [1.165, 1.54) is 41.6 Å². The molecule has 1 aromatic heterocycles. The molecule has 0 aliphatic rings. The second-order valence-electron chi connectivity index (χ2n) is 8.19. The molecule has 1 rings (SSSR count). The second-order valence-corrected chi connectivity index (χ2v) is 9.27. The Morgan fingerprint density at radius 1 is 1.06 bits per heavy atom. The number of carboxylic acid groups (broad SMARTS) is 1. The molecule has 0 unspecified atom stereocenters. The molecule has 2 amide bonds. The highest BCUT2D eigenvalue weighted by Gasteiger charge is 2.17. The van der Waals surface area contributed by atoms with E-state index in [0.717, 1.165) is 31.4 Å². The average Bonchev–Trinajstić information content (AvgIpc) is 2.76. The number of thioether (sulfide) groups is 1. The van der Waals surface area contributed by atoms with Gasteiger partial charge in [-0.3, -0.25) is 14.6 Å². The maximum absolute atomic E-state index is 11.0. The molecule has 34 heavy (non-hydrogen) atoms. The monoisotopic (exact) mass is 489 g/mol. The number of carboxylic acids is 1. The Balaban J connectivity index is 0.000000999. The van der Waals surface area contributed by atoms with E-state index in [4.69, 9.17) is 10.8 Å². The van der Waals surface area contributed by atoms with Crippen LogP contribution in [0.2, 0.25) is 0 Å². The smallest absolute Gasteiger partial charge is 0.327 e. The van der Waals surface area contributed by atoms with Crippen molar-refractivity contribution in [1.82, 2.24) is 10.3 Å². The van der Waals surface area contributed by atoms with E-state index in [1.807, 2.05) is 0 Å². The molecule has 1 aromatic rings. The van der Waals surface area contributed by atoms with Crippen LogP contribution in [0.25, 0.3) is 0 Å². The Kier molecular flexibility index (Phi) is 17.0. The van der Waals surface area contributed by atoms with Gasteiger partial charge in [0.2, 0.25) is 11.8 Å². The average molecular weight is 490 g/mol. The number of allylic oxidation sites excluding steroid dienone is 5. The number of carbonyl (C=O) groups is 3. The number of hydrogen-bond donors (Lipinski definition) is 3. The van der Waals surface area contributed by atoms with Crippen LogP contribution in [0.4, 0.5) is 0 Å². The van der Waals surface area contributed by atoms with Gasteiger partial charge < -0.3 is 16.2 Å². The van der Waals surface area contributed by atoms with Crippen molar-refractivity contribution < 1.29 is 19.5 Å². The number of rotatable bonds is 13. The lowest BCUT2D eigenvalue weighted by Crippen LogP contribution is -2.41. The summed E-state index contributed by atoms with van der Waals surface area (Å²) in [5, 5.41) is 11.5. The minimum absolute atomic E-state index is 0.313. The molecule has 0 fully saturated rings. The third-order valence-electron chi connectivity index (χ3n) is 4.58. The Morgan fingerprint density at radius 3 is 2.15 bits per heavy atom. The maximum Gasteiger partial charge on any atom is 0.327 e. The first kappa shape index (κ1) is 31.1. The van der Waals surface area contributed by atoms with Crippen molar-refractivity contribution in [2.24, 2.45) is 5.73 Å². The summed E-state index contributed by atoms with van der Waals surface area (Å²) in [6, 6.07) is 2.47. The maximum atomic E-state index is 11.0. The number of nitrogens with two attached hydrogens (primary N) is 1. The van der Waals surface area contributed by atoms with Crippen LogP contribution in [0, 0.1) is 0 Å². The van der Waals surface area contributed by atoms with Crippen LogP contribution in [0.15, 0.2) is 59.5 Å². The van der Waals surface area contributed by atoms with Gasteiger partial charge >= 0.3 is 5.97 Å². The van der Waals surface area contributed by atoms with Crippen molar-refractivity contribution in [1.29, 1.82) is 0 Å². The fourth-order valence-electron chi connectivity index (χ4n) is 2.65. The first-order valence-corrected chi connectivity index (χ1v) is 12.4. The van der Waals surface area contributed by atoms with Gasteiger partial charge in [0.15, 0.2) is 0 Å². The number of primary amides is 1. The lowest BCUT2D eigenvalue weighted by atomic mass is 10.1. The van der Waals surface area contributed by atoms with Crippen LogP contribution in [0.5, 0.6) is 0 Å². The highest BCUT2D eigenvalue weighted by molar-refractivity contribution is 7.99. The highest BCUT2D eigenvalue weighted by atomic mass is 32.2.